The lowest BCUT2D eigenvalue weighted by Crippen LogP contribution is -2.27. The smallest absolute Gasteiger partial charge is 0.261 e. The quantitative estimate of drug-likeness (QED) is 0.269. The Morgan fingerprint density at radius 2 is 2.03 bits per heavy atom. The van der Waals surface area contributed by atoms with Crippen LogP contribution in [0.2, 0.25) is 0 Å². The Labute approximate surface area is 200 Å². The number of rotatable bonds is 11. The number of aromatic nitrogens is 2. The van der Waals surface area contributed by atoms with Crippen molar-refractivity contribution >= 4 is 45.9 Å². The number of imidazole rings is 1. The molecule has 1 atom stereocenters. The molecule has 2 aromatic rings. The van der Waals surface area contributed by atoms with Crippen molar-refractivity contribution < 1.29 is 9.59 Å². The van der Waals surface area contributed by atoms with Crippen LogP contribution in [-0.4, -0.2) is 21.8 Å². The molecule has 1 unspecified atom stereocenters. The SMILES string of the molecule is C=C(/C=C\C/C(=C\C)c1nc2ccc(NC(=O)C(=C)S/C=C\C)cc2[nH]1)NC(=O)C(C)CC. The molecule has 0 aliphatic heterocycles. The van der Waals surface area contributed by atoms with E-state index in [1.165, 1.54) is 11.8 Å². The van der Waals surface area contributed by atoms with Gasteiger partial charge in [-0.15, -0.1) is 0 Å². The first kappa shape index (κ1) is 25.9. The van der Waals surface area contributed by atoms with Gasteiger partial charge in [-0.25, -0.2) is 4.98 Å². The summed E-state index contributed by atoms with van der Waals surface area (Å²) in [4.78, 5) is 32.6. The number of benzene rings is 1. The van der Waals surface area contributed by atoms with Crippen molar-refractivity contribution in [1.29, 1.82) is 0 Å². The van der Waals surface area contributed by atoms with Gasteiger partial charge >= 0.3 is 0 Å². The molecule has 1 heterocycles. The van der Waals surface area contributed by atoms with Gasteiger partial charge < -0.3 is 15.6 Å². The first-order chi connectivity index (χ1) is 15.8. The maximum Gasteiger partial charge on any atom is 0.261 e. The number of fused-ring (bicyclic) bond motifs is 1. The second-order valence-electron chi connectivity index (χ2n) is 7.53. The van der Waals surface area contributed by atoms with Gasteiger partial charge in [-0.1, -0.05) is 57.0 Å². The summed E-state index contributed by atoms with van der Waals surface area (Å²) in [6.45, 7) is 15.4. The Kier molecular flexibility index (Phi) is 9.94. The zero-order valence-corrected chi connectivity index (χ0v) is 20.5. The van der Waals surface area contributed by atoms with Crippen molar-refractivity contribution in [1.82, 2.24) is 15.3 Å². The van der Waals surface area contributed by atoms with Crippen LogP contribution in [-0.2, 0) is 9.59 Å². The zero-order valence-electron chi connectivity index (χ0n) is 19.7. The van der Waals surface area contributed by atoms with E-state index in [0.29, 0.717) is 22.7 Å². The van der Waals surface area contributed by atoms with Crippen molar-refractivity contribution in [3.05, 3.63) is 77.5 Å². The molecule has 2 amide bonds. The number of amides is 2. The average molecular weight is 465 g/mol. The van der Waals surface area contributed by atoms with Crippen LogP contribution in [0.3, 0.4) is 0 Å². The minimum Gasteiger partial charge on any atom is -0.338 e. The van der Waals surface area contributed by atoms with Gasteiger partial charge in [0.15, 0.2) is 0 Å². The fourth-order valence-electron chi connectivity index (χ4n) is 2.83. The highest BCUT2D eigenvalue weighted by Gasteiger charge is 2.11. The van der Waals surface area contributed by atoms with Crippen molar-refractivity contribution in [2.75, 3.05) is 5.32 Å². The highest BCUT2D eigenvalue weighted by Crippen LogP contribution is 2.24. The van der Waals surface area contributed by atoms with E-state index < -0.39 is 0 Å². The number of H-pyrrole nitrogens is 1. The molecule has 0 bridgehead atoms. The van der Waals surface area contributed by atoms with E-state index in [1.54, 1.807) is 6.08 Å². The molecule has 0 aliphatic carbocycles. The van der Waals surface area contributed by atoms with E-state index >= 15 is 0 Å². The van der Waals surface area contributed by atoms with Crippen molar-refractivity contribution in [2.24, 2.45) is 5.92 Å². The molecule has 0 radical (unpaired) electrons. The molecule has 0 saturated heterocycles. The summed E-state index contributed by atoms with van der Waals surface area (Å²) < 4.78 is 0. The summed E-state index contributed by atoms with van der Waals surface area (Å²) in [6, 6.07) is 5.53. The lowest BCUT2D eigenvalue weighted by Gasteiger charge is -2.09. The van der Waals surface area contributed by atoms with Crippen LogP contribution >= 0.6 is 11.8 Å². The van der Waals surface area contributed by atoms with E-state index in [1.807, 2.05) is 69.5 Å². The molecule has 1 aromatic carbocycles. The molecule has 0 aliphatic rings. The molecule has 2 rings (SSSR count). The monoisotopic (exact) mass is 464 g/mol. The molecule has 1 aromatic heterocycles. The van der Waals surface area contributed by atoms with Gasteiger partial charge in [0, 0.05) is 17.3 Å². The number of aromatic amines is 1. The van der Waals surface area contributed by atoms with E-state index in [2.05, 4.69) is 33.8 Å². The first-order valence-corrected chi connectivity index (χ1v) is 11.8. The Morgan fingerprint density at radius 3 is 2.70 bits per heavy atom. The van der Waals surface area contributed by atoms with E-state index in [-0.39, 0.29) is 17.7 Å². The van der Waals surface area contributed by atoms with Gasteiger partial charge in [0.1, 0.15) is 5.82 Å². The minimum atomic E-state index is -0.239. The summed E-state index contributed by atoms with van der Waals surface area (Å²) in [5.41, 5.74) is 3.86. The van der Waals surface area contributed by atoms with Crippen LogP contribution in [0.4, 0.5) is 5.69 Å². The predicted molar refractivity (Wildman–Crippen MR) is 140 cm³/mol. The normalized spacial score (nSPS) is 12.9. The number of nitrogens with zero attached hydrogens (tertiary/aromatic N) is 1. The molecular weight excluding hydrogens is 432 g/mol. The largest absolute Gasteiger partial charge is 0.338 e. The number of nitrogens with one attached hydrogen (secondary N) is 3. The van der Waals surface area contributed by atoms with Crippen LogP contribution in [0.5, 0.6) is 0 Å². The Hall–Kier alpha value is -3.32. The third-order valence-corrected chi connectivity index (χ3v) is 5.87. The van der Waals surface area contributed by atoms with Gasteiger partial charge in [-0.3, -0.25) is 9.59 Å². The Bertz CT molecular complexity index is 1120. The number of anilines is 1. The lowest BCUT2D eigenvalue weighted by atomic mass is 10.1. The lowest BCUT2D eigenvalue weighted by molar-refractivity contribution is -0.123. The molecule has 0 spiro atoms. The number of thioether (sulfide) groups is 1. The van der Waals surface area contributed by atoms with Gasteiger partial charge in [-0.2, -0.15) is 0 Å². The van der Waals surface area contributed by atoms with Gasteiger partial charge in [0.05, 0.1) is 15.9 Å². The third kappa shape index (κ3) is 7.64. The molecular formula is C26H32N4O2S. The number of hydrogen-bond donors (Lipinski definition) is 3. The molecule has 0 fully saturated rings. The predicted octanol–water partition coefficient (Wildman–Crippen LogP) is 6.31. The fourth-order valence-corrected chi connectivity index (χ4v) is 3.29. The fraction of sp³-hybridized carbons (Fsp3) is 0.269. The molecule has 174 valence electrons. The summed E-state index contributed by atoms with van der Waals surface area (Å²) in [7, 11) is 0. The van der Waals surface area contributed by atoms with E-state index in [9.17, 15) is 9.59 Å². The topological polar surface area (TPSA) is 86.9 Å². The maximum atomic E-state index is 12.3. The maximum absolute atomic E-state index is 12.3. The van der Waals surface area contributed by atoms with Crippen molar-refractivity contribution in [3.8, 4) is 0 Å². The first-order valence-electron chi connectivity index (χ1n) is 10.9. The molecule has 6 nitrogen and oxygen atoms in total. The third-order valence-electron chi connectivity index (χ3n) is 4.99. The standard InChI is InChI=1S/C26H32N4O2S/c1-7-15-33-19(6)26(32)28-21-13-14-22-23(16-21)30-24(29-22)20(9-3)12-10-11-18(5)27-25(31)17(4)8-2/h7,9-11,13-17H,5-6,8,12H2,1-4H3,(H,27,31)(H,28,32)(H,29,30)/b11-10-,15-7-,20-9+. The summed E-state index contributed by atoms with van der Waals surface area (Å²) >= 11 is 1.28. The van der Waals surface area contributed by atoms with Crippen LogP contribution in [0, 0.1) is 5.92 Å². The van der Waals surface area contributed by atoms with Crippen LogP contribution in [0.15, 0.2) is 71.7 Å². The highest BCUT2D eigenvalue weighted by atomic mass is 32.2. The summed E-state index contributed by atoms with van der Waals surface area (Å²) in [6.07, 6.45) is 9.01. The van der Waals surface area contributed by atoms with Crippen LogP contribution < -0.4 is 10.6 Å². The number of carbonyl (C=O) groups excluding carboxylic acids is 2. The van der Waals surface area contributed by atoms with Crippen LogP contribution in [0.25, 0.3) is 16.6 Å². The van der Waals surface area contributed by atoms with E-state index in [0.717, 1.165) is 28.9 Å². The second-order valence-corrected chi connectivity index (χ2v) is 8.53. The minimum absolute atomic E-state index is 0.0254. The van der Waals surface area contributed by atoms with Crippen LogP contribution in [0.1, 0.15) is 46.4 Å². The molecule has 3 N–H and O–H groups in total. The second kappa shape index (κ2) is 12.6. The summed E-state index contributed by atoms with van der Waals surface area (Å²) in [5.74, 6) is 0.444. The molecule has 7 heteroatoms. The zero-order chi connectivity index (χ0) is 24.4. The van der Waals surface area contributed by atoms with Crippen molar-refractivity contribution in [2.45, 2.75) is 40.5 Å². The average Bonchev–Trinajstić information content (AvgIpc) is 3.22. The Morgan fingerprint density at radius 1 is 1.27 bits per heavy atom. The molecule has 33 heavy (non-hydrogen) atoms. The van der Waals surface area contributed by atoms with E-state index in [4.69, 9.17) is 0 Å². The van der Waals surface area contributed by atoms with Gasteiger partial charge in [-0.05, 0) is 61.9 Å². The summed E-state index contributed by atoms with van der Waals surface area (Å²) in [5, 5.41) is 7.49. The van der Waals surface area contributed by atoms with Gasteiger partial charge in [0.25, 0.3) is 5.91 Å². The van der Waals surface area contributed by atoms with Crippen molar-refractivity contribution in [3.63, 3.8) is 0 Å². The number of allylic oxidation sites excluding steroid dienone is 5. The molecule has 0 saturated carbocycles. The highest BCUT2D eigenvalue weighted by molar-refractivity contribution is 8.06. The number of carbonyl (C=O) groups is 2. The number of hydrogen-bond acceptors (Lipinski definition) is 4. The van der Waals surface area contributed by atoms with Gasteiger partial charge in [0.2, 0.25) is 5.91 Å². The Balaban J connectivity index is 2.06.